The van der Waals surface area contributed by atoms with Gasteiger partial charge >= 0.3 is 0 Å². The molecule has 0 aromatic heterocycles. The average molecular weight is 561 g/mol. The fourth-order valence-electron chi connectivity index (χ4n) is 9.33. The molecule has 2 aromatic carbocycles. The van der Waals surface area contributed by atoms with E-state index >= 15 is 0 Å². The normalized spacial score (nSPS) is 33.8. The van der Waals surface area contributed by atoms with Crippen molar-refractivity contribution in [2.45, 2.75) is 88.0 Å². The topological polar surface area (TPSA) is 0 Å². The van der Waals surface area contributed by atoms with Crippen molar-refractivity contribution < 1.29 is 0 Å². The van der Waals surface area contributed by atoms with Crippen molar-refractivity contribution in [3.63, 3.8) is 0 Å². The van der Waals surface area contributed by atoms with Crippen LogP contribution in [0.2, 0.25) is 0 Å². The van der Waals surface area contributed by atoms with E-state index in [9.17, 15) is 0 Å². The highest BCUT2D eigenvalue weighted by atomic mass is 14.6. The Morgan fingerprint density at radius 2 is 1.19 bits per heavy atom. The third-order valence-corrected chi connectivity index (χ3v) is 11.9. The van der Waals surface area contributed by atoms with Crippen molar-refractivity contribution in [3.05, 3.63) is 95.6 Å². The van der Waals surface area contributed by atoms with E-state index in [1.807, 2.05) is 0 Å². The Balaban J connectivity index is 1.55. The van der Waals surface area contributed by atoms with Gasteiger partial charge in [0.05, 0.1) is 0 Å². The zero-order valence-corrected chi connectivity index (χ0v) is 28.1. The van der Waals surface area contributed by atoms with Crippen molar-refractivity contribution in [3.8, 4) is 0 Å². The predicted molar refractivity (Wildman–Crippen MR) is 182 cm³/mol. The third kappa shape index (κ3) is 5.31. The molecular formula is C42H56. The Morgan fingerprint density at radius 1 is 0.643 bits per heavy atom. The first-order valence-electron chi connectivity index (χ1n) is 16.9. The Kier molecular flexibility index (Phi) is 7.35. The molecule has 0 nitrogen and oxygen atoms in total. The summed E-state index contributed by atoms with van der Waals surface area (Å²) in [7, 11) is 0. The summed E-state index contributed by atoms with van der Waals surface area (Å²) in [5.41, 5.74) is 5.33. The molecule has 0 radical (unpaired) electrons. The SMILES string of the molecule is CC1CC(C(C)(C)C)CC1C(c1ccc2ccccc2c1)C1C2C=C(C(C)(C)C)C=CC2C2C=CC(C(C)(C)C)=CC21. The van der Waals surface area contributed by atoms with Crippen LogP contribution < -0.4 is 0 Å². The number of fused-ring (bicyclic) bond motifs is 4. The maximum atomic E-state index is 2.75. The van der Waals surface area contributed by atoms with Gasteiger partial charge in [0.2, 0.25) is 0 Å². The Morgan fingerprint density at radius 3 is 1.69 bits per heavy atom. The molecule has 0 amide bonds. The standard InChI is InChI=1S/C42H56/c1-26-21-32(42(8,9)10)25-35(26)38(29-16-15-27-13-11-12-14-28(27)22-29)39-36-23-30(40(2,3)4)17-19-33(36)34-20-18-31(24-37(34)39)41(5,6)7/h11-20,22-24,26,32-39H,21,25H2,1-10H3. The lowest BCUT2D eigenvalue weighted by atomic mass is 9.64. The van der Waals surface area contributed by atoms with Gasteiger partial charge in [-0.3, -0.25) is 0 Å². The second-order valence-electron chi connectivity index (χ2n) is 17.7. The molecule has 0 spiro atoms. The quantitative estimate of drug-likeness (QED) is 0.350. The number of hydrogen-bond donors (Lipinski definition) is 0. The molecule has 42 heavy (non-hydrogen) atoms. The first kappa shape index (κ1) is 29.7. The van der Waals surface area contributed by atoms with E-state index in [1.54, 1.807) is 5.56 Å². The van der Waals surface area contributed by atoms with E-state index in [4.69, 9.17) is 0 Å². The molecule has 224 valence electrons. The Bertz CT molecular complexity index is 1390. The lowest BCUT2D eigenvalue weighted by Gasteiger charge is -2.40. The maximum absolute atomic E-state index is 2.75. The van der Waals surface area contributed by atoms with Crippen LogP contribution in [-0.2, 0) is 0 Å². The van der Waals surface area contributed by atoms with E-state index in [1.165, 1.54) is 34.8 Å². The molecule has 6 rings (SSSR count). The molecular weight excluding hydrogens is 504 g/mol. The van der Waals surface area contributed by atoms with Gasteiger partial charge in [0.15, 0.2) is 0 Å². The van der Waals surface area contributed by atoms with Crippen LogP contribution in [0.15, 0.2) is 90.1 Å². The van der Waals surface area contributed by atoms with Gasteiger partial charge in [-0.25, -0.2) is 0 Å². The second-order valence-corrected chi connectivity index (χ2v) is 17.7. The summed E-state index contributed by atoms with van der Waals surface area (Å²) in [5.74, 6) is 5.66. The minimum atomic E-state index is 0.165. The maximum Gasteiger partial charge on any atom is -0.00907 e. The molecule has 4 aliphatic carbocycles. The van der Waals surface area contributed by atoms with Crippen LogP contribution in [0.5, 0.6) is 0 Å². The van der Waals surface area contributed by atoms with Crippen LogP contribution in [0, 0.1) is 63.6 Å². The molecule has 0 heterocycles. The molecule has 0 saturated heterocycles. The molecule has 0 bridgehead atoms. The minimum absolute atomic E-state index is 0.165. The lowest BCUT2D eigenvalue weighted by molar-refractivity contribution is 0.195. The highest BCUT2D eigenvalue weighted by Crippen LogP contribution is 2.62. The largest absolute Gasteiger partial charge is 0.0799 e. The van der Waals surface area contributed by atoms with Gasteiger partial charge < -0.3 is 0 Å². The van der Waals surface area contributed by atoms with Crippen molar-refractivity contribution in [1.82, 2.24) is 0 Å². The summed E-state index contributed by atoms with van der Waals surface area (Å²) < 4.78 is 0. The summed E-state index contributed by atoms with van der Waals surface area (Å²) >= 11 is 0. The van der Waals surface area contributed by atoms with Gasteiger partial charge in [-0.05, 0) is 110 Å². The number of allylic oxidation sites excluding steroid dienone is 8. The smallest absolute Gasteiger partial charge is 0.00907 e. The molecule has 8 unspecified atom stereocenters. The van der Waals surface area contributed by atoms with Gasteiger partial charge in [-0.1, -0.05) is 148 Å². The third-order valence-electron chi connectivity index (χ3n) is 11.9. The minimum Gasteiger partial charge on any atom is -0.0799 e. The summed E-state index contributed by atoms with van der Waals surface area (Å²) in [5, 5.41) is 2.76. The number of benzene rings is 2. The molecule has 0 aliphatic heterocycles. The fraction of sp³-hybridized carbons (Fsp3) is 0.571. The highest BCUT2D eigenvalue weighted by molar-refractivity contribution is 5.83. The predicted octanol–water partition coefficient (Wildman–Crippen LogP) is 11.8. The number of rotatable bonds is 3. The molecule has 4 aliphatic rings. The van der Waals surface area contributed by atoms with Crippen molar-refractivity contribution in [1.29, 1.82) is 0 Å². The lowest BCUT2D eigenvalue weighted by Crippen LogP contribution is -2.32. The van der Waals surface area contributed by atoms with Gasteiger partial charge in [0.1, 0.15) is 0 Å². The molecule has 2 aromatic rings. The van der Waals surface area contributed by atoms with E-state index in [0.717, 1.165) is 11.8 Å². The summed E-state index contributed by atoms with van der Waals surface area (Å²) in [6.45, 7) is 24.4. The Labute approximate surface area is 257 Å². The molecule has 2 fully saturated rings. The first-order chi connectivity index (χ1) is 19.6. The first-order valence-corrected chi connectivity index (χ1v) is 16.9. The molecule has 0 N–H and O–H groups in total. The van der Waals surface area contributed by atoms with Gasteiger partial charge in [-0.15, -0.1) is 0 Å². The van der Waals surface area contributed by atoms with E-state index < -0.39 is 0 Å². The monoisotopic (exact) mass is 560 g/mol. The van der Waals surface area contributed by atoms with E-state index in [2.05, 4.69) is 148 Å². The van der Waals surface area contributed by atoms with Crippen LogP contribution in [0.3, 0.4) is 0 Å². The van der Waals surface area contributed by atoms with Crippen molar-refractivity contribution >= 4 is 10.8 Å². The van der Waals surface area contributed by atoms with Crippen LogP contribution in [0.25, 0.3) is 10.8 Å². The zero-order valence-electron chi connectivity index (χ0n) is 28.1. The molecule has 8 atom stereocenters. The van der Waals surface area contributed by atoms with Crippen LogP contribution >= 0.6 is 0 Å². The second kappa shape index (κ2) is 10.4. The zero-order chi connectivity index (χ0) is 30.2. The van der Waals surface area contributed by atoms with Crippen LogP contribution in [-0.4, -0.2) is 0 Å². The summed E-state index contributed by atoms with van der Waals surface area (Å²) in [6.07, 6.45) is 18.4. The van der Waals surface area contributed by atoms with Gasteiger partial charge in [0.25, 0.3) is 0 Å². The van der Waals surface area contributed by atoms with E-state index in [-0.39, 0.29) is 10.8 Å². The van der Waals surface area contributed by atoms with Crippen molar-refractivity contribution in [2.75, 3.05) is 0 Å². The van der Waals surface area contributed by atoms with Gasteiger partial charge in [-0.2, -0.15) is 0 Å². The molecule has 0 heteroatoms. The Hall–Kier alpha value is -2.34. The average Bonchev–Trinajstić information content (AvgIpc) is 3.46. The fourth-order valence-corrected chi connectivity index (χ4v) is 9.33. The highest BCUT2D eigenvalue weighted by Gasteiger charge is 2.55. The van der Waals surface area contributed by atoms with Gasteiger partial charge in [0, 0.05) is 0 Å². The van der Waals surface area contributed by atoms with Crippen LogP contribution in [0.4, 0.5) is 0 Å². The van der Waals surface area contributed by atoms with E-state index in [0.29, 0.717) is 46.8 Å². The molecule has 2 saturated carbocycles. The van der Waals surface area contributed by atoms with Crippen molar-refractivity contribution in [2.24, 2.45) is 63.6 Å². The van der Waals surface area contributed by atoms with Crippen LogP contribution in [0.1, 0.15) is 93.6 Å². The number of hydrogen-bond acceptors (Lipinski definition) is 0. The summed E-state index contributed by atoms with van der Waals surface area (Å²) in [4.78, 5) is 0. The summed E-state index contributed by atoms with van der Waals surface area (Å²) in [6, 6.07) is 16.5.